The van der Waals surface area contributed by atoms with E-state index in [9.17, 15) is 9.59 Å². The molecule has 130 valence electrons. The first-order valence-corrected chi connectivity index (χ1v) is 9.09. The van der Waals surface area contributed by atoms with Gasteiger partial charge in [-0.25, -0.2) is 0 Å². The third-order valence-corrected chi connectivity index (χ3v) is 4.38. The minimum Gasteiger partial charge on any atom is -0.354 e. The van der Waals surface area contributed by atoms with Crippen LogP contribution in [-0.4, -0.2) is 30.7 Å². The van der Waals surface area contributed by atoms with Crippen molar-refractivity contribution in [2.45, 2.75) is 11.8 Å². The average Bonchev–Trinajstić information content (AvgIpc) is 2.64. The van der Waals surface area contributed by atoms with Gasteiger partial charge in [-0.15, -0.1) is 11.8 Å². The predicted octanol–water partition coefficient (Wildman–Crippen LogP) is 3.03. The predicted molar refractivity (Wildman–Crippen MR) is 103 cm³/mol. The summed E-state index contributed by atoms with van der Waals surface area (Å²) in [6.45, 7) is 2.60. The lowest BCUT2D eigenvalue weighted by Gasteiger charge is -2.06. The van der Waals surface area contributed by atoms with Gasteiger partial charge in [-0.2, -0.15) is 0 Å². The largest absolute Gasteiger partial charge is 0.354 e. The molecule has 0 heterocycles. The van der Waals surface area contributed by atoms with Crippen LogP contribution in [0.5, 0.6) is 0 Å². The van der Waals surface area contributed by atoms with Crippen molar-refractivity contribution < 1.29 is 9.59 Å². The summed E-state index contributed by atoms with van der Waals surface area (Å²) in [5, 5.41) is 5.37. The SMILES string of the molecule is Cc1ccc(SCCNC(=O)CNC(=O)/C=C/c2ccccc2)cc1. The molecule has 2 amide bonds. The Morgan fingerprint density at radius 3 is 2.44 bits per heavy atom. The Kier molecular flexibility index (Phi) is 7.79. The van der Waals surface area contributed by atoms with Gasteiger partial charge < -0.3 is 10.6 Å². The molecule has 25 heavy (non-hydrogen) atoms. The molecule has 0 saturated carbocycles. The van der Waals surface area contributed by atoms with Gasteiger partial charge in [-0.05, 0) is 30.7 Å². The Hall–Kier alpha value is -2.53. The fourth-order valence-electron chi connectivity index (χ4n) is 2.02. The first-order chi connectivity index (χ1) is 12.1. The van der Waals surface area contributed by atoms with Crippen LogP contribution in [-0.2, 0) is 9.59 Å². The number of rotatable bonds is 8. The summed E-state index contributed by atoms with van der Waals surface area (Å²) in [6, 6.07) is 17.8. The van der Waals surface area contributed by atoms with E-state index in [0.29, 0.717) is 6.54 Å². The molecular weight excluding hydrogens is 332 g/mol. The summed E-state index contributed by atoms with van der Waals surface area (Å²) >= 11 is 1.69. The molecule has 0 bridgehead atoms. The molecule has 0 fully saturated rings. The van der Waals surface area contributed by atoms with Crippen molar-refractivity contribution in [3.05, 3.63) is 71.8 Å². The maximum Gasteiger partial charge on any atom is 0.244 e. The van der Waals surface area contributed by atoms with Crippen molar-refractivity contribution in [1.29, 1.82) is 0 Å². The molecule has 0 unspecified atom stereocenters. The number of aryl methyl sites for hydroxylation is 1. The number of carbonyl (C=O) groups is 2. The van der Waals surface area contributed by atoms with Crippen molar-refractivity contribution in [3.8, 4) is 0 Å². The van der Waals surface area contributed by atoms with Gasteiger partial charge >= 0.3 is 0 Å². The van der Waals surface area contributed by atoms with Crippen molar-refractivity contribution in [2.75, 3.05) is 18.8 Å². The summed E-state index contributed by atoms with van der Waals surface area (Å²) in [5.74, 6) is 0.315. The normalized spacial score (nSPS) is 10.6. The second-order valence-electron chi connectivity index (χ2n) is 5.47. The van der Waals surface area contributed by atoms with Crippen LogP contribution in [0.25, 0.3) is 6.08 Å². The molecule has 0 saturated heterocycles. The highest BCUT2D eigenvalue weighted by atomic mass is 32.2. The van der Waals surface area contributed by atoms with Crippen molar-refractivity contribution >= 4 is 29.7 Å². The van der Waals surface area contributed by atoms with E-state index in [4.69, 9.17) is 0 Å². The minimum absolute atomic E-state index is 0.0207. The lowest BCUT2D eigenvalue weighted by atomic mass is 10.2. The molecule has 2 aromatic rings. The van der Waals surface area contributed by atoms with E-state index in [1.54, 1.807) is 17.8 Å². The molecule has 0 radical (unpaired) electrons. The van der Waals surface area contributed by atoms with Crippen molar-refractivity contribution in [3.63, 3.8) is 0 Å². The molecule has 2 rings (SSSR count). The van der Waals surface area contributed by atoms with Gasteiger partial charge in [0.15, 0.2) is 0 Å². The van der Waals surface area contributed by atoms with E-state index in [2.05, 4.69) is 41.8 Å². The maximum absolute atomic E-state index is 11.7. The summed E-state index contributed by atoms with van der Waals surface area (Å²) in [4.78, 5) is 24.6. The Morgan fingerprint density at radius 2 is 1.72 bits per heavy atom. The van der Waals surface area contributed by atoms with E-state index in [0.717, 1.165) is 11.3 Å². The lowest BCUT2D eigenvalue weighted by molar-refractivity contribution is -0.123. The Bertz CT molecular complexity index is 712. The number of nitrogens with one attached hydrogen (secondary N) is 2. The molecule has 4 nitrogen and oxygen atoms in total. The van der Waals surface area contributed by atoms with Gasteiger partial charge in [-0.1, -0.05) is 48.0 Å². The van der Waals surface area contributed by atoms with E-state index in [-0.39, 0.29) is 18.4 Å². The first-order valence-electron chi connectivity index (χ1n) is 8.10. The van der Waals surface area contributed by atoms with Crippen LogP contribution >= 0.6 is 11.8 Å². The van der Waals surface area contributed by atoms with Gasteiger partial charge in [0, 0.05) is 23.3 Å². The smallest absolute Gasteiger partial charge is 0.244 e. The van der Waals surface area contributed by atoms with Crippen molar-refractivity contribution in [1.82, 2.24) is 10.6 Å². The second kappa shape index (κ2) is 10.4. The Labute approximate surface area is 152 Å². The van der Waals surface area contributed by atoms with Crippen LogP contribution < -0.4 is 10.6 Å². The molecule has 0 aromatic heterocycles. The van der Waals surface area contributed by atoms with Gasteiger partial charge in [0.05, 0.1) is 6.54 Å². The fourth-order valence-corrected chi connectivity index (χ4v) is 2.79. The summed E-state index contributed by atoms with van der Waals surface area (Å²) < 4.78 is 0. The Balaban J connectivity index is 1.59. The average molecular weight is 354 g/mol. The quantitative estimate of drug-likeness (QED) is 0.435. The second-order valence-corrected chi connectivity index (χ2v) is 6.64. The molecule has 5 heteroatoms. The molecule has 0 aliphatic carbocycles. The third kappa shape index (κ3) is 7.72. The monoisotopic (exact) mass is 354 g/mol. The topological polar surface area (TPSA) is 58.2 Å². The zero-order chi connectivity index (χ0) is 17.9. The highest BCUT2D eigenvalue weighted by Crippen LogP contribution is 2.17. The molecular formula is C20H22N2O2S. The van der Waals surface area contributed by atoms with Crippen LogP contribution in [0.15, 0.2) is 65.6 Å². The number of thioether (sulfide) groups is 1. The highest BCUT2D eigenvalue weighted by molar-refractivity contribution is 7.99. The lowest BCUT2D eigenvalue weighted by Crippen LogP contribution is -2.37. The number of hydrogen-bond acceptors (Lipinski definition) is 3. The molecule has 0 aliphatic rings. The van der Waals surface area contributed by atoms with E-state index < -0.39 is 0 Å². The molecule has 0 spiro atoms. The highest BCUT2D eigenvalue weighted by Gasteiger charge is 2.02. The molecule has 2 N–H and O–H groups in total. The minimum atomic E-state index is -0.284. The first kappa shape index (κ1) is 18.8. The zero-order valence-electron chi connectivity index (χ0n) is 14.2. The maximum atomic E-state index is 11.7. The standard InChI is InChI=1S/C20H22N2O2S/c1-16-7-10-18(11-8-16)25-14-13-21-20(24)15-22-19(23)12-9-17-5-3-2-4-6-17/h2-12H,13-15H2,1H3,(H,21,24)(H,22,23)/b12-9+. The zero-order valence-corrected chi connectivity index (χ0v) is 15.0. The molecule has 2 aromatic carbocycles. The van der Waals surface area contributed by atoms with Crippen LogP contribution in [0, 0.1) is 6.92 Å². The fraction of sp³-hybridized carbons (Fsp3) is 0.200. The van der Waals surface area contributed by atoms with Gasteiger partial charge in [0.2, 0.25) is 11.8 Å². The molecule has 0 atom stereocenters. The van der Waals surface area contributed by atoms with E-state index >= 15 is 0 Å². The number of carbonyl (C=O) groups excluding carboxylic acids is 2. The van der Waals surface area contributed by atoms with Crippen LogP contribution in [0.2, 0.25) is 0 Å². The van der Waals surface area contributed by atoms with Crippen LogP contribution in [0.1, 0.15) is 11.1 Å². The van der Waals surface area contributed by atoms with Gasteiger partial charge in [0.1, 0.15) is 0 Å². The summed E-state index contributed by atoms with van der Waals surface area (Å²) in [6.07, 6.45) is 3.14. The van der Waals surface area contributed by atoms with Crippen molar-refractivity contribution in [2.24, 2.45) is 0 Å². The number of benzene rings is 2. The molecule has 0 aliphatic heterocycles. The van der Waals surface area contributed by atoms with Gasteiger partial charge in [0.25, 0.3) is 0 Å². The summed E-state index contributed by atoms with van der Waals surface area (Å²) in [7, 11) is 0. The third-order valence-electron chi connectivity index (χ3n) is 3.36. The summed E-state index contributed by atoms with van der Waals surface area (Å²) in [5.41, 5.74) is 2.17. The number of hydrogen-bond donors (Lipinski definition) is 2. The van der Waals surface area contributed by atoms with E-state index in [1.165, 1.54) is 16.5 Å². The van der Waals surface area contributed by atoms with Crippen LogP contribution in [0.3, 0.4) is 0 Å². The Morgan fingerprint density at radius 1 is 1.00 bits per heavy atom. The van der Waals surface area contributed by atoms with E-state index in [1.807, 2.05) is 30.3 Å². The van der Waals surface area contributed by atoms with Crippen LogP contribution in [0.4, 0.5) is 0 Å². The number of amides is 2. The van der Waals surface area contributed by atoms with Gasteiger partial charge in [-0.3, -0.25) is 9.59 Å².